The van der Waals surface area contributed by atoms with Crippen LogP contribution in [0.3, 0.4) is 0 Å². The maximum absolute atomic E-state index is 12.4. The number of H-pyrrole nitrogens is 1. The Balaban J connectivity index is 1.50. The molecule has 2 aromatic rings. The number of guanidine groups is 1. The molecule has 1 fully saturated rings. The predicted octanol–water partition coefficient (Wildman–Crippen LogP) is 1.67. The van der Waals surface area contributed by atoms with Gasteiger partial charge >= 0.3 is 0 Å². The second-order valence-electron chi connectivity index (χ2n) is 6.62. The van der Waals surface area contributed by atoms with Crippen LogP contribution in [-0.4, -0.2) is 71.1 Å². The normalized spacial score (nSPS) is 15.3. The monoisotopic (exact) mass is 372 g/mol. The summed E-state index contributed by atoms with van der Waals surface area (Å²) in [6, 6.07) is 3.45. The van der Waals surface area contributed by atoms with E-state index in [2.05, 4.69) is 27.3 Å². The first-order valence-electron chi connectivity index (χ1n) is 9.54. The van der Waals surface area contributed by atoms with Crippen molar-refractivity contribution in [3.8, 4) is 0 Å². The second kappa shape index (κ2) is 9.25. The van der Waals surface area contributed by atoms with Crippen molar-refractivity contribution >= 4 is 11.9 Å². The average Bonchev–Trinajstić information content (AvgIpc) is 3.36. The summed E-state index contributed by atoms with van der Waals surface area (Å²) < 4.78 is 5.22. The first-order chi connectivity index (χ1) is 13.2. The summed E-state index contributed by atoms with van der Waals surface area (Å²) in [6.07, 6.45) is 5.37. The van der Waals surface area contributed by atoms with E-state index in [1.807, 2.05) is 18.0 Å². The molecule has 8 heteroatoms. The number of furan rings is 1. The quantitative estimate of drug-likeness (QED) is 0.457. The van der Waals surface area contributed by atoms with Crippen molar-refractivity contribution in [3.05, 3.63) is 41.6 Å². The standard InChI is InChI=1S/C19H28N6O2/c1-3-20-19(21-8-4-6-16-14-22-23-15(16)2)25-11-9-24(10-12-25)18(26)17-7-5-13-27-17/h5,7,13-14H,3-4,6,8-12H2,1-2H3,(H,20,21)(H,22,23). The summed E-state index contributed by atoms with van der Waals surface area (Å²) in [5, 5.41) is 10.4. The number of aliphatic imine (C=N–C) groups is 1. The van der Waals surface area contributed by atoms with Crippen molar-refractivity contribution in [2.24, 2.45) is 4.99 Å². The Bertz CT molecular complexity index is 744. The molecule has 0 aliphatic carbocycles. The summed E-state index contributed by atoms with van der Waals surface area (Å²) >= 11 is 0. The number of aryl methyl sites for hydroxylation is 2. The number of aromatic amines is 1. The van der Waals surface area contributed by atoms with E-state index in [9.17, 15) is 4.79 Å². The fourth-order valence-electron chi connectivity index (χ4n) is 3.19. The van der Waals surface area contributed by atoms with Crippen molar-refractivity contribution in [1.29, 1.82) is 0 Å². The first kappa shape index (κ1) is 19.0. The Morgan fingerprint density at radius 3 is 2.74 bits per heavy atom. The molecule has 0 spiro atoms. The number of nitrogens with zero attached hydrogens (tertiary/aromatic N) is 4. The van der Waals surface area contributed by atoms with Gasteiger partial charge in [0.15, 0.2) is 11.7 Å². The van der Waals surface area contributed by atoms with Crippen LogP contribution in [0.1, 0.15) is 35.2 Å². The summed E-state index contributed by atoms with van der Waals surface area (Å²) in [6.45, 7) is 8.55. The van der Waals surface area contributed by atoms with E-state index >= 15 is 0 Å². The molecule has 3 rings (SSSR count). The Morgan fingerprint density at radius 2 is 2.11 bits per heavy atom. The molecule has 27 heavy (non-hydrogen) atoms. The number of hydrogen-bond donors (Lipinski definition) is 2. The van der Waals surface area contributed by atoms with Crippen LogP contribution in [-0.2, 0) is 6.42 Å². The number of carbonyl (C=O) groups is 1. The number of rotatable bonds is 6. The SMILES string of the molecule is CCNC(=NCCCc1cn[nH]c1C)N1CCN(C(=O)c2ccco2)CC1. The maximum atomic E-state index is 12.4. The lowest BCUT2D eigenvalue weighted by molar-refractivity contribution is 0.0657. The van der Waals surface area contributed by atoms with Gasteiger partial charge in [-0.15, -0.1) is 0 Å². The average molecular weight is 372 g/mol. The molecule has 1 amide bonds. The number of carbonyl (C=O) groups excluding carboxylic acids is 1. The van der Waals surface area contributed by atoms with Crippen molar-refractivity contribution in [3.63, 3.8) is 0 Å². The Labute approximate surface area is 159 Å². The van der Waals surface area contributed by atoms with Gasteiger partial charge in [0.1, 0.15) is 0 Å². The zero-order valence-electron chi connectivity index (χ0n) is 16.1. The summed E-state index contributed by atoms with van der Waals surface area (Å²) in [7, 11) is 0. The van der Waals surface area contributed by atoms with Crippen molar-refractivity contribution < 1.29 is 9.21 Å². The van der Waals surface area contributed by atoms with Gasteiger partial charge in [0.25, 0.3) is 5.91 Å². The van der Waals surface area contributed by atoms with Crippen LogP contribution >= 0.6 is 0 Å². The van der Waals surface area contributed by atoms with Crippen LogP contribution in [0.5, 0.6) is 0 Å². The summed E-state index contributed by atoms with van der Waals surface area (Å²) in [5.74, 6) is 1.28. The van der Waals surface area contributed by atoms with E-state index < -0.39 is 0 Å². The van der Waals surface area contributed by atoms with Gasteiger partial charge in [-0.05, 0) is 44.4 Å². The molecule has 2 aromatic heterocycles. The van der Waals surface area contributed by atoms with Gasteiger partial charge in [-0.1, -0.05) is 0 Å². The molecule has 0 atom stereocenters. The lowest BCUT2D eigenvalue weighted by Gasteiger charge is -2.36. The minimum Gasteiger partial charge on any atom is -0.459 e. The topological polar surface area (TPSA) is 89.8 Å². The molecule has 1 aliphatic rings. The number of nitrogens with one attached hydrogen (secondary N) is 2. The van der Waals surface area contributed by atoms with Crippen LogP contribution in [0, 0.1) is 6.92 Å². The molecule has 1 aliphatic heterocycles. The van der Waals surface area contributed by atoms with Gasteiger partial charge in [-0.3, -0.25) is 14.9 Å². The van der Waals surface area contributed by atoms with E-state index in [0.717, 1.165) is 50.7 Å². The number of hydrogen-bond acceptors (Lipinski definition) is 4. The minimum absolute atomic E-state index is 0.0444. The smallest absolute Gasteiger partial charge is 0.289 e. The first-order valence-corrected chi connectivity index (χ1v) is 9.54. The van der Waals surface area contributed by atoms with Crippen LogP contribution in [0.25, 0.3) is 0 Å². The van der Waals surface area contributed by atoms with Crippen molar-refractivity contribution in [2.45, 2.75) is 26.7 Å². The third kappa shape index (κ3) is 4.90. The van der Waals surface area contributed by atoms with Gasteiger partial charge in [-0.2, -0.15) is 5.10 Å². The van der Waals surface area contributed by atoms with E-state index in [1.165, 1.54) is 11.8 Å². The van der Waals surface area contributed by atoms with Gasteiger partial charge in [0, 0.05) is 45.0 Å². The third-order valence-electron chi connectivity index (χ3n) is 4.73. The fourth-order valence-corrected chi connectivity index (χ4v) is 3.19. The second-order valence-corrected chi connectivity index (χ2v) is 6.62. The van der Waals surface area contributed by atoms with Gasteiger partial charge in [0.2, 0.25) is 0 Å². The lowest BCUT2D eigenvalue weighted by atomic mass is 10.1. The van der Waals surface area contributed by atoms with Gasteiger partial charge in [0.05, 0.1) is 12.5 Å². The van der Waals surface area contributed by atoms with Gasteiger partial charge < -0.3 is 19.5 Å². The van der Waals surface area contributed by atoms with E-state index in [4.69, 9.17) is 9.41 Å². The summed E-state index contributed by atoms with van der Waals surface area (Å²) in [4.78, 5) is 21.2. The van der Waals surface area contributed by atoms with Crippen molar-refractivity contribution in [1.82, 2.24) is 25.3 Å². The molecule has 2 N–H and O–H groups in total. The molecule has 3 heterocycles. The minimum atomic E-state index is -0.0444. The van der Waals surface area contributed by atoms with E-state index in [-0.39, 0.29) is 5.91 Å². The molecule has 1 saturated heterocycles. The highest BCUT2D eigenvalue weighted by molar-refractivity contribution is 5.91. The molecule has 0 saturated carbocycles. The highest BCUT2D eigenvalue weighted by atomic mass is 16.3. The zero-order chi connectivity index (χ0) is 19.1. The Hall–Kier alpha value is -2.77. The predicted molar refractivity (Wildman–Crippen MR) is 104 cm³/mol. The fraction of sp³-hybridized carbons (Fsp3) is 0.526. The number of aromatic nitrogens is 2. The molecular weight excluding hydrogens is 344 g/mol. The molecule has 0 unspecified atom stereocenters. The Morgan fingerprint density at radius 1 is 1.33 bits per heavy atom. The van der Waals surface area contributed by atoms with Crippen LogP contribution in [0.2, 0.25) is 0 Å². The Kier molecular flexibility index (Phi) is 6.51. The van der Waals surface area contributed by atoms with Crippen LogP contribution in [0.15, 0.2) is 34.0 Å². The van der Waals surface area contributed by atoms with Crippen molar-refractivity contribution in [2.75, 3.05) is 39.3 Å². The number of amides is 1. The zero-order valence-corrected chi connectivity index (χ0v) is 16.1. The molecule has 0 aromatic carbocycles. The molecule has 8 nitrogen and oxygen atoms in total. The lowest BCUT2D eigenvalue weighted by Crippen LogP contribution is -2.53. The maximum Gasteiger partial charge on any atom is 0.289 e. The van der Waals surface area contributed by atoms with Crippen LogP contribution < -0.4 is 5.32 Å². The largest absolute Gasteiger partial charge is 0.459 e. The van der Waals surface area contributed by atoms with Gasteiger partial charge in [-0.25, -0.2) is 0 Å². The molecule has 146 valence electrons. The third-order valence-corrected chi connectivity index (χ3v) is 4.73. The van der Waals surface area contributed by atoms with E-state index in [0.29, 0.717) is 18.8 Å². The van der Waals surface area contributed by atoms with Crippen LogP contribution in [0.4, 0.5) is 0 Å². The highest BCUT2D eigenvalue weighted by Crippen LogP contribution is 2.10. The molecule has 0 bridgehead atoms. The van der Waals surface area contributed by atoms with E-state index in [1.54, 1.807) is 12.1 Å². The molecular formula is C19H28N6O2. The number of piperazine rings is 1. The summed E-state index contributed by atoms with van der Waals surface area (Å²) in [5.41, 5.74) is 2.38. The highest BCUT2D eigenvalue weighted by Gasteiger charge is 2.25. The molecule has 0 radical (unpaired) electrons.